The van der Waals surface area contributed by atoms with Gasteiger partial charge in [-0.25, -0.2) is 4.39 Å². The number of halogens is 1. The average molecular weight is 455 g/mol. The van der Waals surface area contributed by atoms with Gasteiger partial charge in [-0.2, -0.15) is 4.98 Å². The van der Waals surface area contributed by atoms with Crippen molar-refractivity contribution < 1.29 is 18.8 Å². The first kappa shape index (κ1) is 21.8. The van der Waals surface area contributed by atoms with Crippen molar-refractivity contribution in [2.24, 2.45) is 0 Å². The zero-order chi connectivity index (χ0) is 22.8. The van der Waals surface area contributed by atoms with Crippen molar-refractivity contribution in [2.75, 3.05) is 13.7 Å². The summed E-state index contributed by atoms with van der Waals surface area (Å²) in [5, 5.41) is 18.3. The highest BCUT2D eigenvalue weighted by molar-refractivity contribution is 7.80. The van der Waals surface area contributed by atoms with Crippen LogP contribution in [0.25, 0.3) is 17.0 Å². The third-order valence-electron chi connectivity index (χ3n) is 5.34. The van der Waals surface area contributed by atoms with Gasteiger partial charge in [-0.3, -0.25) is 0 Å². The van der Waals surface area contributed by atoms with Gasteiger partial charge in [-0.15, -0.1) is 0 Å². The highest BCUT2D eigenvalue weighted by Gasteiger charge is 2.34. The lowest BCUT2D eigenvalue weighted by Crippen LogP contribution is -2.46. The van der Waals surface area contributed by atoms with Gasteiger partial charge < -0.3 is 24.6 Å². The fourth-order valence-electron chi connectivity index (χ4n) is 3.74. The summed E-state index contributed by atoms with van der Waals surface area (Å²) in [6.07, 6.45) is 0.894. The van der Waals surface area contributed by atoms with Gasteiger partial charge in [0.05, 0.1) is 18.7 Å². The standard InChI is InChI=1S/C23H23FN4O3S/c1-4-11-28-13(2)19(22-26-21(27-31-22)14-5-8-16(24)9-6-14)20(25-23(28)32)15-7-10-18(30-3)17(29)12-15/h5-10,12,20,29H,4,11H2,1-3H3,(H,25,32). The predicted molar refractivity (Wildman–Crippen MR) is 122 cm³/mol. The minimum atomic E-state index is -0.422. The molecule has 0 saturated carbocycles. The van der Waals surface area contributed by atoms with E-state index in [1.165, 1.54) is 19.2 Å². The van der Waals surface area contributed by atoms with Gasteiger partial charge in [0.15, 0.2) is 16.6 Å². The zero-order valence-electron chi connectivity index (χ0n) is 17.9. The van der Waals surface area contributed by atoms with E-state index in [2.05, 4.69) is 22.4 Å². The van der Waals surface area contributed by atoms with Gasteiger partial charge in [0, 0.05) is 17.8 Å². The van der Waals surface area contributed by atoms with Crippen LogP contribution in [0, 0.1) is 5.82 Å². The molecule has 3 aromatic rings. The van der Waals surface area contributed by atoms with E-state index in [4.69, 9.17) is 21.5 Å². The Hall–Kier alpha value is -3.46. The number of rotatable bonds is 6. The summed E-state index contributed by atoms with van der Waals surface area (Å²) < 4.78 is 24.1. The summed E-state index contributed by atoms with van der Waals surface area (Å²) in [6, 6.07) is 10.6. The second-order valence-corrected chi connectivity index (χ2v) is 7.78. The predicted octanol–water partition coefficient (Wildman–Crippen LogP) is 4.66. The van der Waals surface area contributed by atoms with Gasteiger partial charge in [0.2, 0.25) is 5.82 Å². The van der Waals surface area contributed by atoms with Crippen molar-refractivity contribution in [3.8, 4) is 22.9 Å². The number of methoxy groups -OCH3 is 1. The molecule has 4 rings (SSSR count). The van der Waals surface area contributed by atoms with Crippen LogP contribution < -0.4 is 10.1 Å². The summed E-state index contributed by atoms with van der Waals surface area (Å²) >= 11 is 5.62. The van der Waals surface area contributed by atoms with Crippen LogP contribution in [0.3, 0.4) is 0 Å². The third kappa shape index (κ3) is 4.03. The van der Waals surface area contributed by atoms with E-state index in [1.54, 1.807) is 24.3 Å². The van der Waals surface area contributed by atoms with Crippen LogP contribution in [0.2, 0.25) is 0 Å². The van der Waals surface area contributed by atoms with Crippen molar-refractivity contribution >= 4 is 22.9 Å². The lowest BCUT2D eigenvalue weighted by Gasteiger charge is -2.37. The van der Waals surface area contributed by atoms with Crippen molar-refractivity contribution in [1.82, 2.24) is 20.4 Å². The van der Waals surface area contributed by atoms with Crippen molar-refractivity contribution in [3.05, 3.63) is 65.4 Å². The Labute approximate surface area is 190 Å². The van der Waals surface area contributed by atoms with Crippen molar-refractivity contribution in [3.63, 3.8) is 0 Å². The Balaban J connectivity index is 1.81. The largest absolute Gasteiger partial charge is 0.504 e. The van der Waals surface area contributed by atoms with Gasteiger partial charge in [-0.1, -0.05) is 18.1 Å². The minimum Gasteiger partial charge on any atom is -0.504 e. The van der Waals surface area contributed by atoms with E-state index in [-0.39, 0.29) is 11.6 Å². The highest BCUT2D eigenvalue weighted by Crippen LogP contribution is 2.39. The molecule has 1 atom stereocenters. The maximum atomic E-state index is 13.3. The number of hydrogen-bond donors (Lipinski definition) is 2. The Bertz CT molecular complexity index is 1180. The Morgan fingerprint density at radius 3 is 2.66 bits per heavy atom. The van der Waals surface area contributed by atoms with Crippen LogP contribution >= 0.6 is 12.2 Å². The molecule has 32 heavy (non-hydrogen) atoms. The first-order valence-corrected chi connectivity index (χ1v) is 10.6. The fraction of sp³-hybridized carbons (Fsp3) is 0.261. The van der Waals surface area contributed by atoms with Gasteiger partial charge >= 0.3 is 0 Å². The first-order chi connectivity index (χ1) is 15.4. The summed E-state index contributed by atoms with van der Waals surface area (Å²) in [5.74, 6) is 0.724. The number of phenols is 1. The maximum absolute atomic E-state index is 13.3. The number of nitrogens with zero attached hydrogens (tertiary/aromatic N) is 3. The van der Waals surface area contributed by atoms with E-state index >= 15 is 0 Å². The summed E-state index contributed by atoms with van der Waals surface area (Å²) in [5.41, 5.74) is 3.03. The van der Waals surface area contributed by atoms with Crippen LogP contribution in [0.5, 0.6) is 11.5 Å². The minimum absolute atomic E-state index is 0.0169. The molecule has 0 fully saturated rings. The number of aromatic nitrogens is 2. The molecule has 1 aromatic heterocycles. The Kier molecular flexibility index (Phi) is 6.09. The number of benzene rings is 2. The SMILES string of the molecule is CCCN1C(=S)NC(c2ccc(OC)c(O)c2)C(c2nc(-c3ccc(F)cc3)no2)=C1C. The van der Waals surface area contributed by atoms with Gasteiger partial charge in [0.25, 0.3) is 5.89 Å². The van der Waals surface area contributed by atoms with E-state index in [0.29, 0.717) is 28.1 Å². The van der Waals surface area contributed by atoms with E-state index in [0.717, 1.165) is 29.8 Å². The smallest absolute Gasteiger partial charge is 0.258 e. The Morgan fingerprint density at radius 2 is 2.00 bits per heavy atom. The molecule has 0 saturated heterocycles. The number of nitrogens with one attached hydrogen (secondary N) is 1. The maximum Gasteiger partial charge on any atom is 0.258 e. The molecule has 9 heteroatoms. The molecule has 0 aliphatic carbocycles. The summed E-state index contributed by atoms with van der Waals surface area (Å²) in [6.45, 7) is 4.75. The lowest BCUT2D eigenvalue weighted by molar-refractivity contribution is 0.372. The summed E-state index contributed by atoms with van der Waals surface area (Å²) in [7, 11) is 1.50. The van der Waals surface area contributed by atoms with E-state index in [9.17, 15) is 9.50 Å². The first-order valence-electron chi connectivity index (χ1n) is 10.2. The third-order valence-corrected chi connectivity index (χ3v) is 5.68. The highest BCUT2D eigenvalue weighted by atomic mass is 32.1. The number of ether oxygens (including phenoxy) is 1. The molecule has 1 aliphatic rings. The molecular formula is C23H23FN4O3S. The summed E-state index contributed by atoms with van der Waals surface area (Å²) in [4.78, 5) is 6.57. The monoisotopic (exact) mass is 454 g/mol. The molecule has 2 N–H and O–H groups in total. The lowest BCUT2D eigenvalue weighted by atomic mass is 9.94. The molecule has 1 unspecified atom stereocenters. The molecule has 2 heterocycles. The van der Waals surface area contributed by atoms with Gasteiger partial charge in [-0.05, 0) is 67.5 Å². The number of thiocarbonyl (C=S) groups is 1. The molecule has 0 amide bonds. The Morgan fingerprint density at radius 1 is 1.25 bits per heavy atom. The quantitative estimate of drug-likeness (QED) is 0.520. The normalized spacial score (nSPS) is 16.3. The van der Waals surface area contributed by atoms with Crippen LogP contribution in [0.15, 0.2) is 52.7 Å². The second kappa shape index (κ2) is 8.96. The van der Waals surface area contributed by atoms with Crippen molar-refractivity contribution in [1.29, 1.82) is 0 Å². The second-order valence-electron chi connectivity index (χ2n) is 7.39. The van der Waals surface area contributed by atoms with Crippen LogP contribution in [0.1, 0.15) is 37.8 Å². The van der Waals surface area contributed by atoms with E-state index < -0.39 is 6.04 Å². The average Bonchev–Trinajstić information content (AvgIpc) is 3.26. The molecule has 0 bridgehead atoms. The van der Waals surface area contributed by atoms with Gasteiger partial charge in [0.1, 0.15) is 5.82 Å². The number of phenolic OH excluding ortho intramolecular Hbond substituents is 1. The van der Waals surface area contributed by atoms with Crippen LogP contribution in [-0.4, -0.2) is 38.9 Å². The van der Waals surface area contributed by atoms with Crippen LogP contribution in [-0.2, 0) is 0 Å². The molecule has 1 aliphatic heterocycles. The molecule has 2 aromatic carbocycles. The van der Waals surface area contributed by atoms with Crippen LogP contribution in [0.4, 0.5) is 4.39 Å². The zero-order valence-corrected chi connectivity index (χ0v) is 18.7. The molecular weight excluding hydrogens is 431 g/mol. The molecule has 166 valence electrons. The number of aromatic hydroxyl groups is 1. The van der Waals surface area contributed by atoms with E-state index in [1.807, 2.05) is 17.9 Å². The molecule has 0 radical (unpaired) electrons. The number of hydrogen-bond acceptors (Lipinski definition) is 6. The molecule has 7 nitrogen and oxygen atoms in total. The topological polar surface area (TPSA) is 83.7 Å². The fourth-order valence-corrected chi connectivity index (χ4v) is 4.08. The van der Waals surface area contributed by atoms with Crippen molar-refractivity contribution in [2.45, 2.75) is 26.3 Å². The molecule has 0 spiro atoms. The number of allylic oxidation sites excluding steroid dienone is 1.